The van der Waals surface area contributed by atoms with Crippen molar-refractivity contribution in [2.75, 3.05) is 17.7 Å². The van der Waals surface area contributed by atoms with Gasteiger partial charge in [-0.25, -0.2) is 0 Å². The summed E-state index contributed by atoms with van der Waals surface area (Å²) < 4.78 is 1.82. The molecule has 0 saturated heterocycles. The summed E-state index contributed by atoms with van der Waals surface area (Å²) in [5.74, 6) is 1.49. The monoisotopic (exact) mass is 280 g/mol. The largest absolute Gasteiger partial charge is 0.394 e. The number of aryl methyl sites for hydroxylation is 2. The van der Waals surface area contributed by atoms with Gasteiger partial charge in [0.15, 0.2) is 0 Å². The molecule has 20 heavy (non-hydrogen) atoms. The number of hydrogen-bond donors (Lipinski definition) is 3. The van der Waals surface area contributed by atoms with Crippen LogP contribution in [-0.4, -0.2) is 27.0 Å². The van der Waals surface area contributed by atoms with Crippen molar-refractivity contribution in [3.63, 3.8) is 0 Å². The maximum absolute atomic E-state index is 9.88. The second kappa shape index (κ2) is 6.04. The number of aliphatic hydroxyl groups excluding tert-OH is 1. The van der Waals surface area contributed by atoms with Crippen LogP contribution in [0.5, 0.6) is 0 Å². The summed E-state index contributed by atoms with van der Waals surface area (Å²) in [5, 5.41) is 17.9. The molecule has 5 heteroatoms. The van der Waals surface area contributed by atoms with E-state index in [9.17, 15) is 5.11 Å². The van der Waals surface area contributed by atoms with Gasteiger partial charge in [-0.1, -0.05) is 33.1 Å². The van der Waals surface area contributed by atoms with Crippen molar-refractivity contribution in [2.24, 2.45) is 13.0 Å². The summed E-state index contributed by atoms with van der Waals surface area (Å²) in [7, 11) is 1.91. The van der Waals surface area contributed by atoms with Crippen LogP contribution in [0, 0.1) is 5.92 Å². The van der Waals surface area contributed by atoms with E-state index in [0.717, 1.165) is 49.3 Å². The van der Waals surface area contributed by atoms with Gasteiger partial charge < -0.3 is 16.2 Å². The molecule has 0 spiro atoms. The van der Waals surface area contributed by atoms with Crippen LogP contribution < -0.4 is 11.1 Å². The molecule has 4 N–H and O–H groups in total. The second-order valence-electron chi connectivity index (χ2n) is 6.35. The molecule has 2 rings (SSSR count). The zero-order valence-electron chi connectivity index (χ0n) is 12.9. The van der Waals surface area contributed by atoms with Crippen LogP contribution in [0.4, 0.5) is 11.5 Å². The molecule has 0 bridgehead atoms. The third kappa shape index (κ3) is 2.92. The summed E-state index contributed by atoms with van der Waals surface area (Å²) in [5.41, 5.74) is 7.67. The fourth-order valence-corrected chi connectivity index (χ4v) is 3.37. The number of aliphatic hydroxyl groups is 1. The molecular weight excluding hydrogens is 252 g/mol. The number of anilines is 2. The average Bonchev–Trinajstić information content (AvgIpc) is 2.67. The Bertz CT molecular complexity index is 457. The first-order chi connectivity index (χ1) is 9.51. The Balaban J connectivity index is 2.23. The molecule has 1 saturated carbocycles. The molecule has 1 aliphatic rings. The van der Waals surface area contributed by atoms with Gasteiger partial charge in [0.2, 0.25) is 0 Å². The quantitative estimate of drug-likeness (QED) is 0.773. The normalized spacial score (nSPS) is 26.7. The fraction of sp³-hybridized carbons (Fsp3) is 0.800. The van der Waals surface area contributed by atoms with E-state index < -0.39 is 0 Å². The fourth-order valence-electron chi connectivity index (χ4n) is 3.37. The van der Waals surface area contributed by atoms with Crippen LogP contribution >= 0.6 is 0 Å². The molecule has 2 atom stereocenters. The molecular formula is C15H28N4O. The summed E-state index contributed by atoms with van der Waals surface area (Å²) in [6.07, 6.45) is 6.28. The molecule has 1 aliphatic carbocycles. The van der Waals surface area contributed by atoms with E-state index >= 15 is 0 Å². The Morgan fingerprint density at radius 3 is 2.90 bits per heavy atom. The van der Waals surface area contributed by atoms with Gasteiger partial charge in [-0.2, -0.15) is 5.10 Å². The molecule has 1 heterocycles. The van der Waals surface area contributed by atoms with Crippen LogP contribution in [0.3, 0.4) is 0 Å². The average molecular weight is 280 g/mol. The minimum absolute atomic E-state index is 0.144. The molecule has 0 amide bonds. The lowest BCUT2D eigenvalue weighted by Gasteiger charge is -2.40. The van der Waals surface area contributed by atoms with E-state index in [4.69, 9.17) is 5.73 Å². The van der Waals surface area contributed by atoms with Crippen LogP contribution in [0.2, 0.25) is 0 Å². The first kappa shape index (κ1) is 15.2. The Labute approximate surface area is 121 Å². The standard InChI is InChI=1S/C15H28N4O/c1-4-6-12-13(16)14(19(3)18-12)17-15(10-20)8-5-7-11(2)9-15/h11,17,20H,4-10,16H2,1-3H3. The van der Waals surface area contributed by atoms with Crippen LogP contribution in [0.25, 0.3) is 0 Å². The molecule has 0 aromatic carbocycles. The number of aromatic nitrogens is 2. The molecule has 5 nitrogen and oxygen atoms in total. The van der Waals surface area contributed by atoms with Crippen LogP contribution in [-0.2, 0) is 13.5 Å². The number of nitrogens with two attached hydrogens (primary N) is 1. The maximum Gasteiger partial charge on any atom is 0.148 e. The third-order valence-corrected chi connectivity index (χ3v) is 4.42. The number of nitrogens with one attached hydrogen (secondary N) is 1. The highest BCUT2D eigenvalue weighted by Crippen LogP contribution is 2.36. The lowest BCUT2D eigenvalue weighted by atomic mass is 9.77. The van der Waals surface area contributed by atoms with Gasteiger partial charge in [-0.15, -0.1) is 0 Å². The van der Waals surface area contributed by atoms with E-state index in [0.29, 0.717) is 5.92 Å². The van der Waals surface area contributed by atoms with Crippen molar-refractivity contribution >= 4 is 11.5 Å². The molecule has 114 valence electrons. The molecule has 1 fully saturated rings. The highest BCUT2D eigenvalue weighted by atomic mass is 16.3. The molecule has 0 aliphatic heterocycles. The van der Waals surface area contributed by atoms with Crippen molar-refractivity contribution in [3.8, 4) is 0 Å². The predicted octanol–water partition coefficient (Wildman–Crippen LogP) is 2.31. The predicted molar refractivity (Wildman–Crippen MR) is 82.7 cm³/mol. The van der Waals surface area contributed by atoms with E-state index in [2.05, 4.69) is 24.3 Å². The number of rotatable bonds is 5. The van der Waals surface area contributed by atoms with Gasteiger partial charge in [0.1, 0.15) is 5.82 Å². The van der Waals surface area contributed by atoms with Gasteiger partial charge >= 0.3 is 0 Å². The smallest absolute Gasteiger partial charge is 0.148 e. The topological polar surface area (TPSA) is 76.1 Å². The SMILES string of the molecule is CCCc1nn(C)c(NC2(CO)CCCC(C)C2)c1N. The minimum atomic E-state index is -0.247. The second-order valence-corrected chi connectivity index (χ2v) is 6.35. The van der Waals surface area contributed by atoms with E-state index in [-0.39, 0.29) is 12.1 Å². The Morgan fingerprint density at radius 2 is 2.30 bits per heavy atom. The number of nitrogen functional groups attached to an aromatic ring is 1. The highest BCUT2D eigenvalue weighted by Gasteiger charge is 2.35. The number of nitrogens with zero attached hydrogens (tertiary/aromatic N) is 2. The third-order valence-electron chi connectivity index (χ3n) is 4.42. The van der Waals surface area contributed by atoms with Crippen LogP contribution in [0.1, 0.15) is 51.6 Å². The van der Waals surface area contributed by atoms with E-state index in [1.165, 1.54) is 6.42 Å². The molecule has 1 aromatic heterocycles. The maximum atomic E-state index is 9.88. The van der Waals surface area contributed by atoms with Gasteiger partial charge in [-0.05, 0) is 25.2 Å². The zero-order valence-corrected chi connectivity index (χ0v) is 12.9. The van der Waals surface area contributed by atoms with E-state index in [1.54, 1.807) is 0 Å². The Kier molecular flexibility index (Phi) is 4.58. The molecule has 2 unspecified atom stereocenters. The van der Waals surface area contributed by atoms with Gasteiger partial charge in [-0.3, -0.25) is 4.68 Å². The van der Waals surface area contributed by atoms with Crippen molar-refractivity contribution in [1.82, 2.24) is 9.78 Å². The van der Waals surface area contributed by atoms with Crippen molar-refractivity contribution < 1.29 is 5.11 Å². The van der Waals surface area contributed by atoms with Crippen molar-refractivity contribution in [1.29, 1.82) is 0 Å². The van der Waals surface area contributed by atoms with E-state index in [1.807, 2.05) is 11.7 Å². The summed E-state index contributed by atoms with van der Waals surface area (Å²) >= 11 is 0. The zero-order chi connectivity index (χ0) is 14.8. The lowest BCUT2D eigenvalue weighted by molar-refractivity contribution is 0.149. The number of hydrogen-bond acceptors (Lipinski definition) is 4. The Hall–Kier alpha value is -1.23. The summed E-state index contributed by atoms with van der Waals surface area (Å²) in [6, 6.07) is 0. The van der Waals surface area contributed by atoms with Gasteiger partial charge in [0, 0.05) is 7.05 Å². The van der Waals surface area contributed by atoms with Crippen molar-refractivity contribution in [2.45, 2.75) is 57.9 Å². The summed E-state index contributed by atoms with van der Waals surface area (Å²) in [4.78, 5) is 0. The molecule has 1 aromatic rings. The van der Waals surface area contributed by atoms with Gasteiger partial charge in [0.05, 0.1) is 23.5 Å². The molecule has 0 radical (unpaired) electrons. The Morgan fingerprint density at radius 1 is 1.55 bits per heavy atom. The first-order valence-corrected chi connectivity index (χ1v) is 7.71. The first-order valence-electron chi connectivity index (χ1n) is 7.71. The minimum Gasteiger partial charge on any atom is -0.394 e. The highest BCUT2D eigenvalue weighted by molar-refractivity contribution is 5.66. The summed E-state index contributed by atoms with van der Waals surface area (Å²) in [6.45, 7) is 4.52. The van der Waals surface area contributed by atoms with Gasteiger partial charge in [0.25, 0.3) is 0 Å². The van der Waals surface area contributed by atoms with Crippen molar-refractivity contribution in [3.05, 3.63) is 5.69 Å². The lowest BCUT2D eigenvalue weighted by Crippen LogP contribution is -2.46. The van der Waals surface area contributed by atoms with Crippen LogP contribution in [0.15, 0.2) is 0 Å².